The Bertz CT molecular complexity index is 432. The van der Waals surface area contributed by atoms with Crippen LogP contribution in [0.2, 0.25) is 0 Å². The van der Waals surface area contributed by atoms with Crippen LogP contribution in [0.5, 0.6) is 0 Å². The van der Waals surface area contributed by atoms with Crippen LogP contribution in [0.3, 0.4) is 0 Å². The van der Waals surface area contributed by atoms with Gasteiger partial charge in [-0.15, -0.1) is 0 Å². The Hall–Kier alpha value is -1.70. The van der Waals surface area contributed by atoms with Crippen LogP contribution in [0.4, 0.5) is 0 Å². The van der Waals surface area contributed by atoms with Gasteiger partial charge in [0.25, 0.3) is 0 Å². The summed E-state index contributed by atoms with van der Waals surface area (Å²) in [6, 6.07) is 10.3. The molecule has 0 amide bonds. The summed E-state index contributed by atoms with van der Waals surface area (Å²) in [5, 5.41) is 0. The molecule has 0 aliphatic carbocycles. The fourth-order valence-electron chi connectivity index (χ4n) is 1.34. The topological polar surface area (TPSA) is 25.8 Å². The van der Waals surface area contributed by atoms with E-state index in [1.165, 1.54) is 5.56 Å². The van der Waals surface area contributed by atoms with Crippen molar-refractivity contribution >= 4 is 0 Å². The van der Waals surface area contributed by atoms with Crippen LogP contribution in [0, 0.1) is 13.8 Å². The Labute approximate surface area is 83.7 Å². The molecule has 0 N–H and O–H groups in total. The normalized spacial score (nSPS) is 10.1. The van der Waals surface area contributed by atoms with Crippen LogP contribution in [-0.4, -0.2) is 9.97 Å². The van der Waals surface area contributed by atoms with Gasteiger partial charge in [0.2, 0.25) is 0 Å². The molecule has 0 radical (unpaired) electrons. The second-order valence-electron chi connectivity index (χ2n) is 3.36. The van der Waals surface area contributed by atoms with Gasteiger partial charge in [-0.2, -0.15) is 0 Å². The van der Waals surface area contributed by atoms with Gasteiger partial charge < -0.3 is 0 Å². The number of aromatic nitrogens is 2. The molecule has 0 aliphatic heterocycles. The summed E-state index contributed by atoms with van der Waals surface area (Å²) in [4.78, 5) is 8.43. The van der Waals surface area contributed by atoms with Gasteiger partial charge in [-0.3, -0.25) is 0 Å². The van der Waals surface area contributed by atoms with Gasteiger partial charge in [-0.05, 0) is 19.9 Å². The van der Waals surface area contributed by atoms with E-state index in [0.29, 0.717) is 0 Å². The first kappa shape index (κ1) is 8.88. The molecular formula is C12H12N2. The first-order chi connectivity index (χ1) is 6.75. The average molecular weight is 184 g/mol. The third-order valence-electron chi connectivity index (χ3n) is 2.12. The largest absolute Gasteiger partial charge is 0.242 e. The average Bonchev–Trinajstić information content (AvgIpc) is 2.19. The molecule has 0 fully saturated rings. The van der Waals surface area contributed by atoms with E-state index in [0.717, 1.165) is 17.1 Å². The smallest absolute Gasteiger partial charge is 0.125 e. The number of nitrogens with zero attached hydrogens (tertiary/aromatic N) is 2. The van der Waals surface area contributed by atoms with E-state index < -0.39 is 0 Å². The molecule has 14 heavy (non-hydrogen) atoms. The van der Waals surface area contributed by atoms with E-state index in [1.807, 2.05) is 13.0 Å². The van der Waals surface area contributed by atoms with Gasteiger partial charge in [0.15, 0.2) is 0 Å². The van der Waals surface area contributed by atoms with Crippen molar-refractivity contribution in [2.45, 2.75) is 13.8 Å². The summed E-state index contributed by atoms with van der Waals surface area (Å²) in [6.45, 7) is 3.98. The van der Waals surface area contributed by atoms with Gasteiger partial charge in [0.05, 0.1) is 5.69 Å². The lowest BCUT2D eigenvalue weighted by Gasteiger charge is -2.01. The van der Waals surface area contributed by atoms with Crippen LogP contribution >= 0.6 is 0 Å². The standard InChI is InChI=1S/C12H12N2/c1-9-3-5-11(6-4-9)12-7-8-13-10(2)14-12/h3-8H,1-2H3. The minimum absolute atomic E-state index is 0.808. The number of hydrogen-bond acceptors (Lipinski definition) is 2. The maximum atomic E-state index is 4.36. The summed E-state index contributed by atoms with van der Waals surface area (Å²) in [5.74, 6) is 0.808. The predicted octanol–water partition coefficient (Wildman–Crippen LogP) is 2.76. The Kier molecular flexibility index (Phi) is 2.27. The maximum absolute atomic E-state index is 4.36. The lowest BCUT2D eigenvalue weighted by Crippen LogP contribution is -1.89. The maximum Gasteiger partial charge on any atom is 0.125 e. The fraction of sp³-hybridized carbons (Fsp3) is 0.167. The molecule has 1 heterocycles. The second kappa shape index (κ2) is 3.58. The van der Waals surface area contributed by atoms with Gasteiger partial charge in [-0.1, -0.05) is 29.8 Å². The van der Waals surface area contributed by atoms with Crippen molar-refractivity contribution in [2.75, 3.05) is 0 Å². The first-order valence-electron chi connectivity index (χ1n) is 4.62. The van der Waals surface area contributed by atoms with Crippen molar-refractivity contribution in [1.29, 1.82) is 0 Å². The lowest BCUT2D eigenvalue weighted by atomic mass is 10.1. The number of hydrogen-bond donors (Lipinski definition) is 0. The molecule has 2 heteroatoms. The third kappa shape index (κ3) is 1.79. The molecule has 1 aromatic heterocycles. The molecule has 2 aromatic rings. The van der Waals surface area contributed by atoms with Gasteiger partial charge >= 0.3 is 0 Å². The molecule has 2 rings (SSSR count). The van der Waals surface area contributed by atoms with Crippen molar-refractivity contribution in [2.24, 2.45) is 0 Å². The van der Waals surface area contributed by atoms with E-state index in [4.69, 9.17) is 0 Å². The van der Waals surface area contributed by atoms with E-state index in [-0.39, 0.29) is 0 Å². The van der Waals surface area contributed by atoms with E-state index in [2.05, 4.69) is 41.2 Å². The van der Waals surface area contributed by atoms with Gasteiger partial charge in [0.1, 0.15) is 5.82 Å². The summed E-state index contributed by atoms with van der Waals surface area (Å²) >= 11 is 0. The molecule has 0 spiro atoms. The zero-order chi connectivity index (χ0) is 9.97. The molecule has 0 saturated carbocycles. The minimum atomic E-state index is 0.808. The summed E-state index contributed by atoms with van der Waals surface area (Å²) in [7, 11) is 0. The monoisotopic (exact) mass is 184 g/mol. The SMILES string of the molecule is Cc1ccc(-c2ccnc(C)n2)cc1. The first-order valence-corrected chi connectivity index (χ1v) is 4.62. The van der Waals surface area contributed by atoms with Crippen molar-refractivity contribution < 1.29 is 0 Å². The fourth-order valence-corrected chi connectivity index (χ4v) is 1.34. The molecule has 1 aromatic carbocycles. The molecular weight excluding hydrogens is 172 g/mol. The Morgan fingerprint density at radius 2 is 1.64 bits per heavy atom. The molecule has 0 atom stereocenters. The van der Waals surface area contributed by atoms with Crippen molar-refractivity contribution in [3.05, 3.63) is 47.9 Å². The van der Waals surface area contributed by atoms with Crippen LogP contribution in [0.1, 0.15) is 11.4 Å². The highest BCUT2D eigenvalue weighted by Gasteiger charge is 1.98. The summed E-state index contributed by atoms with van der Waals surface area (Å²) < 4.78 is 0. The minimum Gasteiger partial charge on any atom is -0.242 e. The third-order valence-corrected chi connectivity index (χ3v) is 2.12. The number of rotatable bonds is 1. The van der Waals surface area contributed by atoms with Crippen molar-refractivity contribution in [3.63, 3.8) is 0 Å². The van der Waals surface area contributed by atoms with Crippen LogP contribution in [0.25, 0.3) is 11.3 Å². The summed E-state index contributed by atoms with van der Waals surface area (Å²) in [6.07, 6.45) is 1.79. The molecule has 0 aliphatic rings. The van der Waals surface area contributed by atoms with Crippen LogP contribution in [-0.2, 0) is 0 Å². The zero-order valence-corrected chi connectivity index (χ0v) is 8.36. The van der Waals surface area contributed by atoms with E-state index in [1.54, 1.807) is 6.20 Å². The van der Waals surface area contributed by atoms with Gasteiger partial charge in [-0.25, -0.2) is 9.97 Å². The highest BCUT2D eigenvalue weighted by molar-refractivity contribution is 5.58. The molecule has 0 bridgehead atoms. The molecule has 0 saturated heterocycles. The Balaban J connectivity index is 2.44. The van der Waals surface area contributed by atoms with Crippen molar-refractivity contribution in [1.82, 2.24) is 9.97 Å². The molecule has 70 valence electrons. The number of benzene rings is 1. The van der Waals surface area contributed by atoms with Crippen molar-refractivity contribution in [3.8, 4) is 11.3 Å². The molecule has 2 nitrogen and oxygen atoms in total. The summed E-state index contributed by atoms with van der Waals surface area (Å²) in [5.41, 5.74) is 3.39. The Morgan fingerprint density at radius 1 is 0.929 bits per heavy atom. The highest BCUT2D eigenvalue weighted by atomic mass is 14.9. The second-order valence-corrected chi connectivity index (χ2v) is 3.36. The quantitative estimate of drug-likeness (QED) is 0.681. The predicted molar refractivity (Wildman–Crippen MR) is 56.9 cm³/mol. The van der Waals surface area contributed by atoms with Crippen LogP contribution < -0.4 is 0 Å². The molecule has 0 unspecified atom stereocenters. The highest BCUT2D eigenvalue weighted by Crippen LogP contribution is 2.16. The van der Waals surface area contributed by atoms with Crippen LogP contribution in [0.15, 0.2) is 36.5 Å². The van der Waals surface area contributed by atoms with E-state index >= 15 is 0 Å². The number of aryl methyl sites for hydroxylation is 2. The van der Waals surface area contributed by atoms with Gasteiger partial charge in [0, 0.05) is 11.8 Å². The van der Waals surface area contributed by atoms with E-state index in [9.17, 15) is 0 Å². The Morgan fingerprint density at radius 3 is 2.29 bits per heavy atom. The zero-order valence-electron chi connectivity index (χ0n) is 8.36. The lowest BCUT2D eigenvalue weighted by molar-refractivity contribution is 1.06.